The van der Waals surface area contributed by atoms with Crippen molar-refractivity contribution < 1.29 is 17.6 Å². The van der Waals surface area contributed by atoms with Gasteiger partial charge in [0.25, 0.3) is 11.9 Å². The van der Waals surface area contributed by atoms with Crippen molar-refractivity contribution in [3.8, 4) is 0 Å². The highest BCUT2D eigenvalue weighted by molar-refractivity contribution is 7.92. The third-order valence-electron chi connectivity index (χ3n) is 6.03. The molecule has 1 saturated carbocycles. The van der Waals surface area contributed by atoms with E-state index in [4.69, 9.17) is 16.0 Å². The summed E-state index contributed by atoms with van der Waals surface area (Å²) >= 11 is 6.02. The van der Waals surface area contributed by atoms with Crippen LogP contribution in [0.15, 0.2) is 46.0 Å². The van der Waals surface area contributed by atoms with Crippen molar-refractivity contribution in [1.29, 1.82) is 0 Å². The van der Waals surface area contributed by atoms with Crippen molar-refractivity contribution in [1.82, 2.24) is 15.3 Å². The number of fused-ring (bicyclic) bond motifs is 1. The molecule has 0 unspecified atom stereocenters. The molecular formula is C22H23ClN4O4S. The van der Waals surface area contributed by atoms with Crippen molar-refractivity contribution in [3.63, 3.8) is 0 Å². The maximum absolute atomic E-state index is 12.6. The predicted molar refractivity (Wildman–Crippen MR) is 121 cm³/mol. The highest BCUT2D eigenvalue weighted by atomic mass is 35.5. The summed E-state index contributed by atoms with van der Waals surface area (Å²) in [7, 11) is -3.42. The molecular weight excluding hydrogens is 452 g/mol. The van der Waals surface area contributed by atoms with Gasteiger partial charge in [-0.15, -0.1) is 0 Å². The molecule has 0 spiro atoms. The molecule has 8 nitrogen and oxygen atoms in total. The fraction of sp³-hybridized carbons (Fsp3) is 0.409. The summed E-state index contributed by atoms with van der Waals surface area (Å²) in [6.45, 7) is 2.09. The number of piperidine rings is 1. The van der Waals surface area contributed by atoms with Crippen LogP contribution in [0.3, 0.4) is 0 Å². The number of halogens is 1. The molecule has 1 N–H and O–H groups in total. The zero-order valence-corrected chi connectivity index (χ0v) is 18.9. The van der Waals surface area contributed by atoms with Crippen molar-refractivity contribution in [2.24, 2.45) is 5.92 Å². The third kappa shape index (κ3) is 4.31. The van der Waals surface area contributed by atoms with E-state index in [0.717, 1.165) is 31.4 Å². The highest BCUT2D eigenvalue weighted by Crippen LogP contribution is 2.33. The van der Waals surface area contributed by atoms with Crippen LogP contribution in [0, 0.1) is 5.92 Å². The number of carbonyl (C=O) groups excluding carboxylic acids is 1. The highest BCUT2D eigenvalue weighted by Gasteiger charge is 2.38. The van der Waals surface area contributed by atoms with Crippen molar-refractivity contribution in [3.05, 3.63) is 47.1 Å². The van der Waals surface area contributed by atoms with Crippen molar-refractivity contribution >= 4 is 44.5 Å². The largest absolute Gasteiger partial charge is 0.423 e. The number of hydrogen-bond acceptors (Lipinski definition) is 7. The number of oxazole rings is 1. The van der Waals surface area contributed by atoms with E-state index < -0.39 is 9.84 Å². The first-order chi connectivity index (χ1) is 15.4. The Morgan fingerprint density at radius 2 is 1.94 bits per heavy atom. The summed E-state index contributed by atoms with van der Waals surface area (Å²) in [5.74, 6) is 0.0448. The molecule has 3 heterocycles. The SMILES string of the molecule is O=C(NCC1CCN(c2nc3cc(Cl)ccc3o2)CC1)c1ccnc(S(=O)(=O)C2CC2)c1. The van der Waals surface area contributed by atoms with E-state index in [2.05, 4.69) is 20.2 Å². The summed E-state index contributed by atoms with van der Waals surface area (Å²) in [6.07, 6.45) is 4.48. The number of carbonyl (C=O) groups is 1. The predicted octanol–water partition coefficient (Wildman–Crippen LogP) is 3.46. The van der Waals surface area contributed by atoms with Crippen LogP contribution in [0.2, 0.25) is 5.02 Å². The Kier molecular flexibility index (Phi) is 5.54. The number of nitrogens with zero attached hydrogens (tertiary/aromatic N) is 3. The van der Waals surface area contributed by atoms with Crippen molar-refractivity contribution in [2.75, 3.05) is 24.5 Å². The Bertz CT molecular complexity index is 1260. The summed E-state index contributed by atoms with van der Waals surface area (Å²) in [4.78, 5) is 23.2. The fourth-order valence-corrected chi connectivity index (χ4v) is 5.71. The average Bonchev–Trinajstić information content (AvgIpc) is 3.58. The number of benzene rings is 1. The minimum atomic E-state index is -3.42. The summed E-state index contributed by atoms with van der Waals surface area (Å²) in [5, 5.41) is 3.20. The Labute approximate surface area is 190 Å². The number of pyridine rings is 1. The second kappa shape index (κ2) is 8.37. The zero-order valence-electron chi connectivity index (χ0n) is 17.3. The van der Waals surface area contributed by atoms with E-state index >= 15 is 0 Å². The van der Waals surface area contributed by atoms with E-state index in [1.165, 1.54) is 12.3 Å². The average molecular weight is 475 g/mol. The van der Waals surface area contributed by atoms with Crippen LogP contribution < -0.4 is 10.2 Å². The normalized spacial score (nSPS) is 17.6. The quantitative estimate of drug-likeness (QED) is 0.583. The molecule has 1 amide bonds. The van der Waals surface area contributed by atoms with Gasteiger partial charge < -0.3 is 14.6 Å². The molecule has 1 aromatic carbocycles. The molecule has 1 saturated heterocycles. The maximum atomic E-state index is 12.6. The number of anilines is 1. The van der Waals surface area contributed by atoms with Gasteiger partial charge in [-0.2, -0.15) is 4.98 Å². The first kappa shape index (κ1) is 21.2. The monoisotopic (exact) mass is 474 g/mol. The summed E-state index contributed by atoms with van der Waals surface area (Å²) in [5.41, 5.74) is 1.77. The first-order valence-corrected chi connectivity index (χ1v) is 12.6. The molecule has 5 rings (SSSR count). The van der Waals surface area contributed by atoms with Crippen LogP contribution in [0.5, 0.6) is 0 Å². The molecule has 3 aromatic rings. The molecule has 1 aliphatic carbocycles. The molecule has 0 atom stereocenters. The van der Waals surface area contributed by atoms with Crippen LogP contribution in [-0.4, -0.2) is 49.2 Å². The van der Waals surface area contributed by atoms with Gasteiger partial charge in [0.15, 0.2) is 20.4 Å². The number of rotatable bonds is 6. The lowest BCUT2D eigenvalue weighted by Gasteiger charge is -2.30. The second-order valence-electron chi connectivity index (χ2n) is 8.38. The van der Waals surface area contributed by atoms with Crippen molar-refractivity contribution in [2.45, 2.75) is 36.0 Å². The van der Waals surface area contributed by atoms with Crippen LogP contribution >= 0.6 is 11.6 Å². The fourth-order valence-electron chi connectivity index (χ4n) is 3.95. The van der Waals surface area contributed by atoms with Gasteiger partial charge in [0.05, 0.1) is 5.25 Å². The van der Waals surface area contributed by atoms with Crippen LogP contribution in [0.4, 0.5) is 6.01 Å². The van der Waals surface area contributed by atoms with E-state index in [0.29, 0.717) is 47.5 Å². The molecule has 168 valence electrons. The maximum Gasteiger partial charge on any atom is 0.298 e. The third-order valence-corrected chi connectivity index (χ3v) is 8.42. The molecule has 1 aliphatic heterocycles. The molecule has 2 aliphatic rings. The topological polar surface area (TPSA) is 105 Å². The zero-order chi connectivity index (χ0) is 22.3. The molecule has 2 fully saturated rings. The molecule has 0 radical (unpaired) electrons. The summed E-state index contributed by atoms with van der Waals surface area (Å²) in [6, 6.07) is 8.89. The molecule has 2 aromatic heterocycles. The molecule has 0 bridgehead atoms. The second-order valence-corrected chi connectivity index (χ2v) is 11.0. The van der Waals surface area contributed by atoms with E-state index in [-0.39, 0.29) is 16.2 Å². The smallest absolute Gasteiger partial charge is 0.298 e. The minimum Gasteiger partial charge on any atom is -0.423 e. The summed E-state index contributed by atoms with van der Waals surface area (Å²) < 4.78 is 30.6. The minimum absolute atomic E-state index is 0.0134. The lowest BCUT2D eigenvalue weighted by molar-refractivity contribution is 0.0944. The molecule has 10 heteroatoms. The van der Waals surface area contributed by atoms with E-state index in [1.807, 2.05) is 6.07 Å². The van der Waals surface area contributed by atoms with Gasteiger partial charge in [0, 0.05) is 36.4 Å². The van der Waals surface area contributed by atoms with Crippen LogP contribution in [0.1, 0.15) is 36.0 Å². The van der Waals surface area contributed by atoms with Gasteiger partial charge in [-0.25, -0.2) is 13.4 Å². The van der Waals surface area contributed by atoms with Crippen LogP contribution in [0.25, 0.3) is 11.1 Å². The number of amides is 1. The first-order valence-electron chi connectivity index (χ1n) is 10.7. The van der Waals surface area contributed by atoms with Crippen LogP contribution in [-0.2, 0) is 9.84 Å². The van der Waals surface area contributed by atoms with Gasteiger partial charge in [-0.3, -0.25) is 4.79 Å². The molecule has 32 heavy (non-hydrogen) atoms. The lowest BCUT2D eigenvalue weighted by atomic mass is 9.97. The van der Waals surface area contributed by atoms with E-state index in [9.17, 15) is 13.2 Å². The standard InChI is InChI=1S/C22H23ClN4O4S/c23-16-1-4-19-18(12-16)26-22(31-19)27-9-6-14(7-10-27)13-25-21(28)15-5-8-24-20(11-15)32(29,30)17-2-3-17/h1,4-5,8,11-12,14,17H,2-3,6-7,9-10,13H2,(H,25,28). The van der Waals surface area contributed by atoms with Gasteiger partial charge in [0.1, 0.15) is 5.52 Å². The lowest BCUT2D eigenvalue weighted by Crippen LogP contribution is -2.38. The van der Waals surface area contributed by atoms with E-state index in [1.54, 1.807) is 18.2 Å². The number of nitrogens with one attached hydrogen (secondary N) is 1. The Morgan fingerprint density at radius 1 is 1.16 bits per heavy atom. The number of hydrogen-bond donors (Lipinski definition) is 1. The number of aromatic nitrogens is 2. The Balaban J connectivity index is 1.16. The Morgan fingerprint density at radius 3 is 2.69 bits per heavy atom. The number of sulfone groups is 1. The van der Waals surface area contributed by atoms with Gasteiger partial charge in [-0.05, 0) is 61.9 Å². The van der Waals surface area contributed by atoms with Gasteiger partial charge in [0.2, 0.25) is 0 Å². The van der Waals surface area contributed by atoms with Gasteiger partial charge in [-0.1, -0.05) is 11.6 Å². The van der Waals surface area contributed by atoms with Gasteiger partial charge >= 0.3 is 0 Å². The Hall–Kier alpha value is -2.65.